The Kier molecular flexibility index (Phi) is 4.93. The zero-order chi connectivity index (χ0) is 19.9. The molecule has 0 radical (unpaired) electrons. The fourth-order valence-electron chi connectivity index (χ4n) is 3.83. The summed E-state index contributed by atoms with van der Waals surface area (Å²) in [7, 11) is -3.54. The van der Waals surface area contributed by atoms with Crippen LogP contribution in [0.1, 0.15) is 30.9 Å². The summed E-state index contributed by atoms with van der Waals surface area (Å²) >= 11 is 0. The molecule has 0 spiro atoms. The minimum Gasteiger partial charge on any atom is -0.296 e. The number of piperidine rings is 1. The number of hydrogen-bond donors (Lipinski definition) is 1. The van der Waals surface area contributed by atoms with E-state index in [0.29, 0.717) is 17.9 Å². The Morgan fingerprint density at radius 3 is 2.71 bits per heavy atom. The molecule has 2 atom stereocenters. The Labute approximate surface area is 163 Å². The van der Waals surface area contributed by atoms with Crippen LogP contribution in [-0.4, -0.2) is 37.8 Å². The molecule has 2 aliphatic rings. The Morgan fingerprint density at radius 2 is 1.96 bits per heavy atom. The van der Waals surface area contributed by atoms with Crippen LogP contribution in [0.2, 0.25) is 0 Å². The molecule has 5 nitrogen and oxygen atoms in total. The standard InChI is InChI=1S/C20H21F2N3O2S/c1-13-10-15(8-9-25(13)12-14-6-7-17(21)18(22)11-14)23-20-16-4-2-3-5-19(16)28(26,27)24-20/h2-7,11,13,15H,8-10,12H2,1H3,(H,23,24). The molecule has 4 rings (SSSR count). The van der Waals surface area contributed by atoms with Gasteiger partial charge in [-0.25, -0.2) is 17.2 Å². The summed E-state index contributed by atoms with van der Waals surface area (Å²) in [6, 6.07) is 11.0. The van der Waals surface area contributed by atoms with Crippen LogP contribution in [0.25, 0.3) is 0 Å². The average Bonchev–Trinajstić information content (AvgIpc) is 2.91. The molecule has 2 aromatic carbocycles. The van der Waals surface area contributed by atoms with Crippen LogP contribution >= 0.6 is 0 Å². The van der Waals surface area contributed by atoms with Gasteiger partial charge in [-0.1, -0.05) is 18.2 Å². The van der Waals surface area contributed by atoms with Gasteiger partial charge in [0.05, 0.1) is 10.9 Å². The summed E-state index contributed by atoms with van der Waals surface area (Å²) in [5.41, 5.74) is 1.34. The number of nitrogens with one attached hydrogen (secondary N) is 1. The number of fused-ring (bicyclic) bond motifs is 1. The summed E-state index contributed by atoms with van der Waals surface area (Å²) in [4.78, 5) is 7.15. The Hall–Kier alpha value is -2.32. The van der Waals surface area contributed by atoms with Crippen molar-refractivity contribution < 1.29 is 17.2 Å². The topological polar surface area (TPSA) is 61.8 Å². The van der Waals surface area contributed by atoms with Crippen LogP contribution in [0, 0.1) is 11.6 Å². The molecule has 0 bridgehead atoms. The molecule has 0 aliphatic carbocycles. The summed E-state index contributed by atoms with van der Waals surface area (Å²) in [5, 5.41) is 0. The molecule has 2 aromatic rings. The lowest BCUT2D eigenvalue weighted by molar-refractivity contribution is 0.140. The molecule has 2 unspecified atom stereocenters. The third-order valence-electron chi connectivity index (χ3n) is 5.33. The largest absolute Gasteiger partial charge is 0.296 e. The van der Waals surface area contributed by atoms with Crippen LogP contribution in [0.15, 0.2) is 52.4 Å². The number of likely N-dealkylation sites (tertiary alicyclic amines) is 1. The second-order valence-corrected chi connectivity index (χ2v) is 8.98. The van der Waals surface area contributed by atoms with Gasteiger partial charge in [0.25, 0.3) is 10.0 Å². The predicted molar refractivity (Wildman–Crippen MR) is 103 cm³/mol. The molecule has 0 amide bonds. The van der Waals surface area contributed by atoms with E-state index in [1.807, 2.05) is 0 Å². The smallest absolute Gasteiger partial charge is 0.263 e. The van der Waals surface area contributed by atoms with Crippen LogP contribution in [0.3, 0.4) is 0 Å². The molecular weight excluding hydrogens is 384 g/mol. The number of halogens is 2. The Morgan fingerprint density at radius 1 is 1.18 bits per heavy atom. The lowest BCUT2D eigenvalue weighted by atomic mass is 9.98. The summed E-state index contributed by atoms with van der Waals surface area (Å²) in [5.74, 6) is -1.27. The highest BCUT2D eigenvalue weighted by Gasteiger charge is 2.32. The molecule has 1 N–H and O–H groups in total. The van der Waals surface area contributed by atoms with E-state index >= 15 is 0 Å². The highest BCUT2D eigenvalue weighted by molar-refractivity contribution is 7.90. The van der Waals surface area contributed by atoms with Gasteiger partial charge in [-0.3, -0.25) is 14.6 Å². The molecule has 8 heteroatoms. The highest BCUT2D eigenvalue weighted by Crippen LogP contribution is 2.26. The third kappa shape index (κ3) is 3.66. The fraction of sp³-hybridized carbons (Fsp3) is 0.350. The van der Waals surface area contributed by atoms with Crippen LogP contribution in [0.4, 0.5) is 8.78 Å². The number of benzene rings is 2. The van der Waals surface area contributed by atoms with E-state index in [1.54, 1.807) is 30.3 Å². The Balaban J connectivity index is 1.46. The van der Waals surface area contributed by atoms with Crippen LogP contribution < -0.4 is 4.72 Å². The summed E-state index contributed by atoms with van der Waals surface area (Å²) in [6.07, 6.45) is 1.53. The lowest BCUT2D eigenvalue weighted by Crippen LogP contribution is -2.42. The molecule has 148 valence electrons. The van der Waals surface area contributed by atoms with E-state index in [2.05, 4.69) is 21.5 Å². The average molecular weight is 405 g/mol. The first-order valence-electron chi connectivity index (χ1n) is 9.21. The van der Waals surface area contributed by atoms with Gasteiger partial charge in [-0.15, -0.1) is 0 Å². The zero-order valence-electron chi connectivity index (χ0n) is 15.4. The second kappa shape index (κ2) is 7.25. The molecule has 2 heterocycles. The molecule has 28 heavy (non-hydrogen) atoms. The van der Waals surface area contributed by atoms with E-state index < -0.39 is 21.7 Å². The quantitative estimate of drug-likeness (QED) is 0.854. The van der Waals surface area contributed by atoms with Crippen molar-refractivity contribution in [2.45, 2.75) is 43.3 Å². The molecule has 1 saturated heterocycles. The normalized spacial score (nSPS) is 25.5. The van der Waals surface area contributed by atoms with Crippen molar-refractivity contribution in [3.8, 4) is 0 Å². The summed E-state index contributed by atoms with van der Waals surface area (Å²) < 4.78 is 53.5. The number of hydrogen-bond acceptors (Lipinski definition) is 4. The van der Waals surface area contributed by atoms with Gasteiger partial charge in [0.2, 0.25) is 0 Å². The van der Waals surface area contributed by atoms with E-state index in [-0.39, 0.29) is 17.0 Å². The molecule has 0 aromatic heterocycles. The first-order valence-corrected chi connectivity index (χ1v) is 10.7. The van der Waals surface area contributed by atoms with Crippen LogP contribution in [-0.2, 0) is 16.6 Å². The van der Waals surface area contributed by atoms with Gasteiger partial charge in [0, 0.05) is 24.7 Å². The van der Waals surface area contributed by atoms with Gasteiger partial charge in [0.15, 0.2) is 11.6 Å². The van der Waals surface area contributed by atoms with Crippen molar-refractivity contribution in [1.29, 1.82) is 0 Å². The zero-order valence-corrected chi connectivity index (χ0v) is 16.2. The summed E-state index contributed by atoms with van der Waals surface area (Å²) in [6.45, 7) is 3.35. The molecular formula is C20H21F2N3O2S. The van der Waals surface area contributed by atoms with Gasteiger partial charge in [0.1, 0.15) is 5.84 Å². The Bertz CT molecular complexity index is 1040. The molecule has 2 aliphatic heterocycles. The third-order valence-corrected chi connectivity index (χ3v) is 6.73. The van der Waals surface area contributed by atoms with Crippen molar-refractivity contribution in [3.05, 3.63) is 65.2 Å². The number of aliphatic imine (C=N–C) groups is 1. The van der Waals surface area contributed by atoms with Crippen molar-refractivity contribution in [2.75, 3.05) is 6.54 Å². The van der Waals surface area contributed by atoms with Crippen molar-refractivity contribution in [2.24, 2.45) is 4.99 Å². The molecule has 1 fully saturated rings. The van der Waals surface area contributed by atoms with E-state index in [4.69, 9.17) is 0 Å². The van der Waals surface area contributed by atoms with Gasteiger partial charge in [-0.05, 0) is 49.6 Å². The monoisotopic (exact) mass is 405 g/mol. The van der Waals surface area contributed by atoms with E-state index in [1.165, 1.54) is 6.07 Å². The van der Waals surface area contributed by atoms with Gasteiger partial charge in [-0.2, -0.15) is 0 Å². The van der Waals surface area contributed by atoms with Crippen molar-refractivity contribution in [3.63, 3.8) is 0 Å². The number of nitrogens with zero attached hydrogens (tertiary/aromatic N) is 2. The molecule has 0 saturated carbocycles. The lowest BCUT2D eigenvalue weighted by Gasteiger charge is -2.36. The SMILES string of the molecule is CC1CC(N=C2NS(=O)(=O)c3ccccc32)CCN1Cc1ccc(F)c(F)c1. The van der Waals surface area contributed by atoms with Crippen molar-refractivity contribution >= 4 is 15.9 Å². The van der Waals surface area contributed by atoms with Gasteiger partial charge < -0.3 is 0 Å². The first-order chi connectivity index (χ1) is 13.3. The maximum absolute atomic E-state index is 13.4. The second-order valence-electron chi connectivity index (χ2n) is 7.33. The minimum atomic E-state index is -3.54. The number of rotatable bonds is 3. The minimum absolute atomic E-state index is 0.0000556. The van der Waals surface area contributed by atoms with E-state index in [0.717, 1.165) is 31.0 Å². The first kappa shape index (κ1) is 19.0. The highest BCUT2D eigenvalue weighted by atomic mass is 32.2. The maximum Gasteiger partial charge on any atom is 0.263 e. The number of amidine groups is 1. The van der Waals surface area contributed by atoms with Crippen molar-refractivity contribution in [1.82, 2.24) is 9.62 Å². The fourth-order valence-corrected chi connectivity index (χ4v) is 5.07. The van der Waals surface area contributed by atoms with Gasteiger partial charge >= 0.3 is 0 Å². The predicted octanol–water partition coefficient (Wildman–Crippen LogP) is 3.06. The number of sulfonamides is 1. The van der Waals surface area contributed by atoms with Crippen LogP contribution in [0.5, 0.6) is 0 Å². The maximum atomic E-state index is 13.4. The van der Waals surface area contributed by atoms with E-state index in [9.17, 15) is 17.2 Å².